The molecule has 2 heteroatoms. The fraction of sp³-hybridized carbons (Fsp3) is 1.00. The van der Waals surface area contributed by atoms with Gasteiger partial charge < -0.3 is 0 Å². The zero-order chi connectivity index (χ0) is 8.81. The fourth-order valence-corrected chi connectivity index (χ4v) is 12.0. The average Bonchev–Trinajstić information content (AvgIpc) is 2.49. The summed E-state index contributed by atoms with van der Waals surface area (Å²) in [5, 5.41) is 0. The molecule has 12 heavy (non-hydrogen) atoms. The van der Waals surface area contributed by atoms with Crippen LogP contribution in [0.1, 0.15) is 25.7 Å². The molecule has 70 valence electrons. The van der Waals surface area contributed by atoms with Crippen LogP contribution in [0.4, 0.5) is 0 Å². The van der Waals surface area contributed by atoms with E-state index in [9.17, 15) is 0 Å². The summed E-state index contributed by atoms with van der Waals surface area (Å²) in [6, 6.07) is 0. The normalized spacial score (nSPS) is 17.8. The molecule has 1 rings (SSSR count). The number of nitrogens with zero attached hydrogens (tertiary/aromatic N) is 1. The maximum atomic E-state index is 2.31. The van der Waals surface area contributed by atoms with Crippen LogP contribution in [-0.4, -0.2) is 47.0 Å². The van der Waals surface area contributed by atoms with Crippen LogP contribution in [0.15, 0.2) is 0 Å². The van der Waals surface area contributed by atoms with Gasteiger partial charge in [-0.15, -0.1) is 0 Å². The first-order valence-electron chi connectivity index (χ1n) is 5.44. The number of hydrogen-bond donors (Lipinski definition) is 0. The molecule has 0 aromatic heterocycles. The molecule has 1 nitrogen and oxygen atoms in total. The minimum absolute atomic E-state index is 0.804. The molecule has 0 spiro atoms. The summed E-state index contributed by atoms with van der Waals surface area (Å²) >= 11 is -0.804. The summed E-state index contributed by atoms with van der Waals surface area (Å²) in [4.78, 5) is 2.31. The SMILES string of the molecule is CN(C)CCC[CH2][In]1[CH2]CC[CH2]1. The van der Waals surface area contributed by atoms with Crippen LogP contribution < -0.4 is 0 Å². The van der Waals surface area contributed by atoms with E-state index < -0.39 is 21.4 Å². The quantitative estimate of drug-likeness (QED) is 0.695. The van der Waals surface area contributed by atoms with E-state index in [1.165, 1.54) is 13.0 Å². The molecular formula is C10H22InN. The molecule has 0 atom stereocenters. The van der Waals surface area contributed by atoms with E-state index >= 15 is 0 Å². The molecule has 0 amide bonds. The Bertz CT molecular complexity index is 108. The van der Waals surface area contributed by atoms with Crippen LogP contribution in [0.25, 0.3) is 0 Å². The molecule has 0 bridgehead atoms. The Morgan fingerprint density at radius 3 is 2.33 bits per heavy atom. The van der Waals surface area contributed by atoms with Crippen LogP contribution in [0, 0.1) is 0 Å². The Hall–Kier alpha value is 0.830. The van der Waals surface area contributed by atoms with Gasteiger partial charge in [0, 0.05) is 0 Å². The van der Waals surface area contributed by atoms with Crippen LogP contribution in [-0.2, 0) is 0 Å². The van der Waals surface area contributed by atoms with Crippen LogP contribution in [0.5, 0.6) is 0 Å². The van der Waals surface area contributed by atoms with Crippen molar-refractivity contribution in [3.05, 3.63) is 0 Å². The topological polar surface area (TPSA) is 3.24 Å². The van der Waals surface area contributed by atoms with Crippen molar-refractivity contribution >= 4 is 21.4 Å². The van der Waals surface area contributed by atoms with E-state index in [1.807, 2.05) is 0 Å². The van der Waals surface area contributed by atoms with Gasteiger partial charge in [-0.3, -0.25) is 0 Å². The Morgan fingerprint density at radius 1 is 1.08 bits per heavy atom. The molecule has 0 aliphatic carbocycles. The zero-order valence-corrected chi connectivity index (χ0v) is 12.0. The molecule has 0 N–H and O–H groups in total. The first-order chi connectivity index (χ1) is 5.79. The van der Waals surface area contributed by atoms with Gasteiger partial charge in [0.1, 0.15) is 0 Å². The first kappa shape index (κ1) is 10.9. The standard InChI is InChI=1S/C6H14N.C4H8.In/c1-4-5-6-7(2)3;1-3-4-2;/h1,4-6H2,2-3H3;1-4H2;. The Kier molecular flexibility index (Phi) is 5.74. The van der Waals surface area contributed by atoms with Crippen LogP contribution in [0.3, 0.4) is 0 Å². The van der Waals surface area contributed by atoms with E-state index in [0.29, 0.717) is 0 Å². The molecule has 1 fully saturated rings. The summed E-state index contributed by atoms with van der Waals surface area (Å²) in [6.07, 6.45) is 6.17. The predicted molar refractivity (Wildman–Crippen MR) is 57.2 cm³/mol. The maximum absolute atomic E-state index is 2.31. The Balaban J connectivity index is 1.88. The third kappa shape index (κ3) is 4.76. The Morgan fingerprint density at radius 2 is 1.75 bits per heavy atom. The van der Waals surface area contributed by atoms with E-state index in [2.05, 4.69) is 19.0 Å². The third-order valence-corrected chi connectivity index (χ3v) is 13.4. The van der Waals surface area contributed by atoms with E-state index in [0.717, 1.165) is 0 Å². The predicted octanol–water partition coefficient (Wildman–Crippen LogP) is 2.62. The number of hydrogen-bond acceptors (Lipinski definition) is 1. The molecule has 0 unspecified atom stereocenters. The van der Waals surface area contributed by atoms with Crippen LogP contribution in [0.2, 0.25) is 12.5 Å². The van der Waals surface area contributed by atoms with E-state index in [4.69, 9.17) is 0 Å². The second kappa shape index (κ2) is 6.31. The van der Waals surface area contributed by atoms with Crippen molar-refractivity contribution in [3.63, 3.8) is 0 Å². The molecular weight excluding hydrogens is 249 g/mol. The monoisotopic (exact) mass is 271 g/mol. The summed E-state index contributed by atoms with van der Waals surface area (Å²) in [5.74, 6) is 0. The first-order valence-corrected chi connectivity index (χ1v) is 12.4. The van der Waals surface area contributed by atoms with Gasteiger partial charge in [-0.05, 0) is 0 Å². The summed E-state index contributed by atoms with van der Waals surface area (Å²) in [7, 11) is 4.36. The molecule has 0 radical (unpaired) electrons. The summed E-state index contributed by atoms with van der Waals surface area (Å²) < 4.78 is 5.16. The van der Waals surface area contributed by atoms with E-state index in [-0.39, 0.29) is 0 Å². The van der Waals surface area contributed by atoms with Gasteiger partial charge in [0.2, 0.25) is 0 Å². The van der Waals surface area contributed by atoms with Gasteiger partial charge in [-0.1, -0.05) is 0 Å². The van der Waals surface area contributed by atoms with E-state index in [1.54, 1.807) is 31.8 Å². The van der Waals surface area contributed by atoms with Gasteiger partial charge in [0.05, 0.1) is 0 Å². The van der Waals surface area contributed by atoms with Crippen LogP contribution >= 0.6 is 0 Å². The van der Waals surface area contributed by atoms with Crippen molar-refractivity contribution in [1.82, 2.24) is 4.90 Å². The van der Waals surface area contributed by atoms with Gasteiger partial charge in [0.15, 0.2) is 0 Å². The molecule has 1 aliphatic rings. The van der Waals surface area contributed by atoms with Gasteiger partial charge in [0.25, 0.3) is 0 Å². The molecule has 1 saturated heterocycles. The average molecular weight is 271 g/mol. The fourth-order valence-electron chi connectivity index (χ4n) is 2.16. The van der Waals surface area contributed by atoms with Gasteiger partial charge >= 0.3 is 85.2 Å². The minimum atomic E-state index is -0.804. The van der Waals surface area contributed by atoms with Crippen molar-refractivity contribution < 1.29 is 0 Å². The van der Waals surface area contributed by atoms with Crippen molar-refractivity contribution in [2.75, 3.05) is 20.6 Å². The van der Waals surface area contributed by atoms with Crippen molar-refractivity contribution in [3.8, 4) is 0 Å². The Labute approximate surface area is 85.1 Å². The molecule has 0 saturated carbocycles. The zero-order valence-electron chi connectivity index (χ0n) is 8.68. The summed E-state index contributed by atoms with van der Waals surface area (Å²) in [6.45, 7) is 1.30. The number of rotatable bonds is 5. The molecule has 0 aromatic carbocycles. The summed E-state index contributed by atoms with van der Waals surface area (Å²) in [5.41, 5.74) is 0. The van der Waals surface area contributed by atoms with Gasteiger partial charge in [-0.2, -0.15) is 0 Å². The van der Waals surface area contributed by atoms with Crippen molar-refractivity contribution in [2.24, 2.45) is 0 Å². The second-order valence-corrected chi connectivity index (χ2v) is 14.3. The second-order valence-electron chi connectivity index (χ2n) is 4.45. The molecule has 1 aliphatic heterocycles. The van der Waals surface area contributed by atoms with Gasteiger partial charge in [-0.25, -0.2) is 0 Å². The van der Waals surface area contributed by atoms with Crippen molar-refractivity contribution in [2.45, 2.75) is 38.2 Å². The molecule has 1 heterocycles. The van der Waals surface area contributed by atoms with Crippen molar-refractivity contribution in [1.29, 1.82) is 0 Å². The number of unbranched alkanes of at least 4 members (excludes halogenated alkanes) is 1. The molecule has 0 aromatic rings. The third-order valence-electron chi connectivity index (χ3n) is 2.94.